The van der Waals surface area contributed by atoms with E-state index in [4.69, 9.17) is 20.6 Å². The van der Waals surface area contributed by atoms with E-state index in [-0.39, 0.29) is 10.8 Å². The number of ether oxygens (including phenoxy) is 1. The molecule has 0 saturated carbocycles. The molecule has 30 heavy (non-hydrogen) atoms. The number of carbonyl (C=O) groups excluding carboxylic acids is 1. The second kappa shape index (κ2) is 8.35. The fourth-order valence-electron chi connectivity index (χ4n) is 4.31. The molecule has 1 aliphatic heterocycles. The Morgan fingerprint density at radius 1 is 1.27 bits per heavy atom. The van der Waals surface area contributed by atoms with Gasteiger partial charge in [-0.05, 0) is 62.0 Å². The number of rotatable bonds is 3. The fraction of sp³-hybridized carbons (Fsp3) is 0.550. The highest BCUT2D eigenvalue weighted by molar-refractivity contribution is 7.96. The van der Waals surface area contributed by atoms with Crippen LogP contribution in [-0.4, -0.2) is 34.3 Å². The van der Waals surface area contributed by atoms with E-state index in [0.29, 0.717) is 19.1 Å². The van der Waals surface area contributed by atoms with Crippen LogP contribution in [0.1, 0.15) is 61.0 Å². The molecule has 3 aliphatic rings. The zero-order valence-corrected chi connectivity index (χ0v) is 18.0. The summed E-state index contributed by atoms with van der Waals surface area (Å²) in [6.07, 6.45) is 7.35. The molecule has 9 nitrogen and oxygen atoms in total. The number of anilines is 1. The number of aliphatic imine (C=N–C) groups is 1. The van der Waals surface area contributed by atoms with Gasteiger partial charge in [0.1, 0.15) is 4.91 Å². The van der Waals surface area contributed by atoms with Crippen molar-refractivity contribution < 1.29 is 13.7 Å². The lowest BCUT2D eigenvalue weighted by atomic mass is 10.0. The zero-order valence-electron chi connectivity index (χ0n) is 17.1. The van der Waals surface area contributed by atoms with E-state index in [1.54, 1.807) is 0 Å². The SMILES string of the molecule is CC1CCc2c1nc1c(c2NC(=O)N=S(N)(=O)C(=CN)C2=NCCCCO2)CCC1. The number of nitrogens with zero attached hydrogens (tertiary/aromatic N) is 3. The third kappa shape index (κ3) is 3.93. The standard InChI is InChI=1S/C20H28N6O3S/c1-12-7-8-14-17(12)24-15-6-4-5-13(15)18(14)25-20(27)26-30(22,28)16(11-21)19-23-9-2-3-10-29-19/h11-12H,2-10,21H2,1H3,(H3,22,24,25,26,27,28). The number of pyridine rings is 1. The minimum absolute atomic E-state index is 0.0571. The van der Waals surface area contributed by atoms with Gasteiger partial charge in [0.25, 0.3) is 0 Å². The van der Waals surface area contributed by atoms with Crippen molar-refractivity contribution in [3.05, 3.63) is 33.6 Å². The van der Waals surface area contributed by atoms with Gasteiger partial charge in [0.15, 0.2) is 9.92 Å². The molecule has 1 aromatic rings. The molecule has 0 aromatic carbocycles. The largest absolute Gasteiger partial charge is 0.477 e. The fourth-order valence-corrected chi connectivity index (χ4v) is 5.27. The van der Waals surface area contributed by atoms with Gasteiger partial charge in [-0.25, -0.2) is 14.1 Å². The van der Waals surface area contributed by atoms with Gasteiger partial charge in [0.05, 0.1) is 12.3 Å². The molecule has 4 rings (SSSR count). The molecule has 0 fully saturated rings. The number of nitrogens with two attached hydrogens (primary N) is 2. The monoisotopic (exact) mass is 432 g/mol. The summed E-state index contributed by atoms with van der Waals surface area (Å²) in [4.78, 5) is 21.8. The Balaban J connectivity index is 1.65. The van der Waals surface area contributed by atoms with Crippen molar-refractivity contribution in [1.29, 1.82) is 0 Å². The smallest absolute Gasteiger partial charge is 0.354 e. The van der Waals surface area contributed by atoms with Crippen LogP contribution in [0.15, 0.2) is 20.5 Å². The van der Waals surface area contributed by atoms with Crippen LogP contribution in [0.5, 0.6) is 0 Å². The number of amides is 2. The summed E-state index contributed by atoms with van der Waals surface area (Å²) in [5.41, 5.74) is 10.6. The number of nitrogens with one attached hydrogen (secondary N) is 1. The molecule has 1 aromatic heterocycles. The predicted octanol–water partition coefficient (Wildman–Crippen LogP) is 2.50. The molecular formula is C20H28N6O3S. The van der Waals surface area contributed by atoms with Crippen molar-refractivity contribution in [3.63, 3.8) is 0 Å². The van der Waals surface area contributed by atoms with E-state index in [0.717, 1.165) is 79.3 Å². The summed E-state index contributed by atoms with van der Waals surface area (Å²) in [7, 11) is -3.62. The Labute approximate surface area is 176 Å². The molecule has 2 atom stereocenters. The second-order valence-corrected chi connectivity index (χ2v) is 9.69. The Kier molecular flexibility index (Phi) is 5.79. The number of aromatic nitrogens is 1. The Hall–Kier alpha value is -2.46. The molecule has 2 aliphatic carbocycles. The van der Waals surface area contributed by atoms with Crippen LogP contribution in [0.25, 0.3) is 0 Å². The van der Waals surface area contributed by atoms with Gasteiger partial charge in [-0.1, -0.05) is 6.92 Å². The molecule has 2 unspecified atom stereocenters. The first kappa shape index (κ1) is 20.8. The van der Waals surface area contributed by atoms with Crippen molar-refractivity contribution in [3.8, 4) is 0 Å². The Bertz CT molecular complexity index is 1060. The first-order valence-corrected chi connectivity index (χ1v) is 12.0. The summed E-state index contributed by atoms with van der Waals surface area (Å²) >= 11 is 0. The van der Waals surface area contributed by atoms with Crippen molar-refractivity contribution >= 4 is 27.5 Å². The van der Waals surface area contributed by atoms with Crippen molar-refractivity contribution in [2.45, 2.75) is 57.8 Å². The molecule has 2 amide bonds. The molecule has 10 heteroatoms. The lowest BCUT2D eigenvalue weighted by Gasteiger charge is -2.16. The normalized spacial score (nSPS) is 22.8. The molecule has 2 heterocycles. The number of fused-ring (bicyclic) bond motifs is 2. The van der Waals surface area contributed by atoms with Crippen molar-refractivity contribution in [1.82, 2.24) is 4.98 Å². The summed E-state index contributed by atoms with van der Waals surface area (Å²) in [5.74, 6) is 0.452. The number of hydrogen-bond acceptors (Lipinski definition) is 6. The Morgan fingerprint density at radius 2 is 2.10 bits per heavy atom. The maximum absolute atomic E-state index is 13.1. The van der Waals surface area contributed by atoms with E-state index >= 15 is 0 Å². The molecule has 162 valence electrons. The van der Waals surface area contributed by atoms with E-state index in [1.165, 1.54) is 0 Å². The van der Waals surface area contributed by atoms with Gasteiger partial charge in [0, 0.05) is 24.1 Å². The first-order valence-electron chi connectivity index (χ1n) is 10.4. The second-order valence-electron chi connectivity index (χ2n) is 7.93. The highest BCUT2D eigenvalue weighted by Crippen LogP contribution is 2.41. The summed E-state index contributed by atoms with van der Waals surface area (Å²) in [6, 6.07) is -0.766. The summed E-state index contributed by atoms with van der Waals surface area (Å²) < 4.78 is 22.4. The molecule has 0 spiro atoms. The third-order valence-corrected chi connectivity index (χ3v) is 7.20. The van der Waals surface area contributed by atoms with Gasteiger partial charge >= 0.3 is 6.03 Å². The van der Waals surface area contributed by atoms with Gasteiger partial charge < -0.3 is 15.8 Å². The first-order chi connectivity index (χ1) is 14.4. The van der Waals surface area contributed by atoms with Gasteiger partial charge in [-0.2, -0.15) is 0 Å². The van der Waals surface area contributed by atoms with Gasteiger partial charge in [-0.15, -0.1) is 4.36 Å². The number of hydrogen-bond donors (Lipinski definition) is 3. The van der Waals surface area contributed by atoms with Crippen LogP contribution < -0.4 is 16.2 Å². The highest BCUT2D eigenvalue weighted by Gasteiger charge is 2.30. The van der Waals surface area contributed by atoms with Gasteiger partial charge in [-0.3, -0.25) is 9.98 Å². The average molecular weight is 433 g/mol. The van der Waals surface area contributed by atoms with Crippen LogP contribution in [0, 0.1) is 0 Å². The van der Waals surface area contributed by atoms with Crippen molar-refractivity contribution in [2.24, 2.45) is 20.2 Å². The van der Waals surface area contributed by atoms with Crippen molar-refractivity contribution in [2.75, 3.05) is 18.5 Å². The minimum atomic E-state index is -3.62. The lowest BCUT2D eigenvalue weighted by Crippen LogP contribution is -2.26. The molecule has 0 saturated heterocycles. The quantitative estimate of drug-likeness (QED) is 0.672. The number of urea groups is 1. The zero-order chi connectivity index (χ0) is 21.3. The van der Waals surface area contributed by atoms with Gasteiger partial charge in [0.2, 0.25) is 5.90 Å². The Morgan fingerprint density at radius 3 is 2.90 bits per heavy atom. The molecule has 0 radical (unpaired) electrons. The van der Waals surface area contributed by atoms with E-state index in [2.05, 4.69) is 21.6 Å². The molecule has 5 N–H and O–H groups in total. The molecular weight excluding hydrogens is 404 g/mol. The van der Waals surface area contributed by atoms with Crippen LogP contribution in [0.4, 0.5) is 10.5 Å². The summed E-state index contributed by atoms with van der Waals surface area (Å²) in [5, 5.41) is 8.79. The minimum Gasteiger partial charge on any atom is -0.477 e. The maximum Gasteiger partial charge on any atom is 0.354 e. The average Bonchev–Trinajstić information content (AvgIpc) is 3.21. The number of carbonyl (C=O) groups is 1. The summed E-state index contributed by atoms with van der Waals surface area (Å²) in [6.45, 7) is 3.09. The van der Waals surface area contributed by atoms with E-state index in [1.807, 2.05) is 0 Å². The van der Waals surface area contributed by atoms with E-state index < -0.39 is 15.9 Å². The highest BCUT2D eigenvalue weighted by atomic mass is 32.2. The third-order valence-electron chi connectivity index (χ3n) is 5.83. The predicted molar refractivity (Wildman–Crippen MR) is 117 cm³/mol. The topological polar surface area (TPSA) is 145 Å². The number of aryl methyl sites for hydroxylation is 1. The van der Waals surface area contributed by atoms with Crippen LogP contribution >= 0.6 is 0 Å². The van der Waals surface area contributed by atoms with E-state index in [9.17, 15) is 9.00 Å². The van der Waals surface area contributed by atoms with Crippen LogP contribution in [0.2, 0.25) is 0 Å². The van der Waals surface area contributed by atoms with Crippen LogP contribution in [0.3, 0.4) is 0 Å². The van der Waals surface area contributed by atoms with Crippen LogP contribution in [-0.2, 0) is 33.9 Å². The lowest BCUT2D eigenvalue weighted by molar-refractivity contribution is 0.260. The molecule has 0 bridgehead atoms. The maximum atomic E-state index is 13.1.